The smallest absolute Gasteiger partial charge is 0.227 e. The Bertz CT molecular complexity index is 1240. The lowest BCUT2D eigenvalue weighted by molar-refractivity contribution is -0.123. The Kier molecular flexibility index (Phi) is 7.28. The number of para-hydroxylation sites is 1. The van der Waals surface area contributed by atoms with Gasteiger partial charge < -0.3 is 15.2 Å². The van der Waals surface area contributed by atoms with Crippen molar-refractivity contribution in [2.24, 2.45) is 5.92 Å². The molecule has 4 nitrogen and oxygen atoms in total. The number of nitrogens with zero attached hydrogens (tertiary/aromatic N) is 1. The average Bonchev–Trinajstić information content (AvgIpc) is 3.25. The van der Waals surface area contributed by atoms with Gasteiger partial charge in [0.2, 0.25) is 5.91 Å². The van der Waals surface area contributed by atoms with Gasteiger partial charge in [0.05, 0.1) is 5.92 Å². The molecule has 1 heterocycles. The van der Waals surface area contributed by atoms with E-state index in [1.165, 1.54) is 16.5 Å². The van der Waals surface area contributed by atoms with E-state index in [1.807, 2.05) is 44.4 Å². The van der Waals surface area contributed by atoms with E-state index in [4.69, 9.17) is 11.6 Å². The minimum atomic E-state index is -0.239. The molecule has 0 radical (unpaired) electrons. The van der Waals surface area contributed by atoms with E-state index in [0.717, 1.165) is 16.8 Å². The first-order valence-electron chi connectivity index (χ1n) is 11.7. The highest BCUT2D eigenvalue weighted by Gasteiger charge is 2.26. The average molecular weight is 474 g/mol. The zero-order valence-electron chi connectivity index (χ0n) is 20.2. The molecule has 1 amide bonds. The number of aromatic amines is 1. The second kappa shape index (κ2) is 10.4. The molecule has 4 aromatic rings. The van der Waals surface area contributed by atoms with Crippen molar-refractivity contribution in [1.82, 2.24) is 10.3 Å². The van der Waals surface area contributed by atoms with Crippen molar-refractivity contribution in [2.45, 2.75) is 25.7 Å². The number of hydrogen-bond acceptors (Lipinski definition) is 2. The number of benzene rings is 3. The summed E-state index contributed by atoms with van der Waals surface area (Å²) < 4.78 is 0. The first kappa shape index (κ1) is 23.9. The first-order chi connectivity index (χ1) is 16.3. The molecule has 1 aromatic heterocycles. The van der Waals surface area contributed by atoms with Crippen molar-refractivity contribution in [1.29, 1.82) is 0 Å². The molecule has 3 aromatic carbocycles. The molecule has 0 aliphatic carbocycles. The van der Waals surface area contributed by atoms with E-state index in [1.54, 1.807) is 0 Å². The van der Waals surface area contributed by atoms with Crippen molar-refractivity contribution in [3.63, 3.8) is 0 Å². The SMILES string of the molecule is CC(C)C(C(=O)NCC(c1ccc(N(C)C)cc1)c1c[nH]c2ccccc12)c1ccc(Cl)cc1. The highest BCUT2D eigenvalue weighted by molar-refractivity contribution is 6.30. The minimum Gasteiger partial charge on any atom is -0.378 e. The summed E-state index contributed by atoms with van der Waals surface area (Å²) in [5, 5.41) is 5.12. The van der Waals surface area contributed by atoms with Crippen LogP contribution in [0.5, 0.6) is 0 Å². The summed E-state index contributed by atoms with van der Waals surface area (Å²) in [6.45, 7) is 4.67. The van der Waals surface area contributed by atoms with Crippen LogP contribution in [0.1, 0.15) is 42.4 Å². The Hall–Kier alpha value is -3.24. The van der Waals surface area contributed by atoms with E-state index in [2.05, 4.69) is 77.7 Å². The Balaban J connectivity index is 1.64. The molecule has 0 aliphatic heterocycles. The summed E-state index contributed by atoms with van der Waals surface area (Å²) in [5.41, 5.74) is 5.58. The van der Waals surface area contributed by atoms with Crippen LogP contribution in [0.15, 0.2) is 79.0 Å². The summed E-state index contributed by atoms with van der Waals surface area (Å²) in [4.78, 5) is 18.9. The third kappa shape index (κ3) is 5.13. The lowest BCUT2D eigenvalue weighted by Crippen LogP contribution is -2.35. The molecule has 2 unspecified atom stereocenters. The van der Waals surface area contributed by atoms with Crippen LogP contribution in [-0.2, 0) is 4.79 Å². The highest BCUT2D eigenvalue weighted by atomic mass is 35.5. The van der Waals surface area contributed by atoms with Crippen LogP contribution < -0.4 is 10.2 Å². The molecule has 2 atom stereocenters. The van der Waals surface area contributed by atoms with Crippen LogP contribution in [-0.4, -0.2) is 31.5 Å². The molecule has 0 bridgehead atoms. The number of anilines is 1. The molecule has 5 heteroatoms. The number of hydrogen-bond donors (Lipinski definition) is 2. The fourth-order valence-corrected chi connectivity index (χ4v) is 4.74. The maximum atomic E-state index is 13.4. The van der Waals surface area contributed by atoms with E-state index in [0.29, 0.717) is 11.6 Å². The van der Waals surface area contributed by atoms with Gasteiger partial charge in [0.15, 0.2) is 0 Å². The fraction of sp³-hybridized carbons (Fsp3) is 0.276. The molecule has 34 heavy (non-hydrogen) atoms. The summed E-state index contributed by atoms with van der Waals surface area (Å²) in [6, 6.07) is 24.5. The molecular formula is C29H32ClN3O. The van der Waals surface area contributed by atoms with Gasteiger partial charge in [-0.25, -0.2) is 0 Å². The van der Waals surface area contributed by atoms with Crippen molar-refractivity contribution < 1.29 is 4.79 Å². The molecule has 0 aliphatic rings. The van der Waals surface area contributed by atoms with Gasteiger partial charge in [0, 0.05) is 54.4 Å². The molecule has 0 fully saturated rings. The fourth-order valence-electron chi connectivity index (χ4n) is 4.62. The van der Waals surface area contributed by atoms with Gasteiger partial charge in [-0.15, -0.1) is 0 Å². The van der Waals surface area contributed by atoms with Crippen molar-refractivity contribution in [3.05, 3.63) is 101 Å². The quantitative estimate of drug-likeness (QED) is 0.304. The van der Waals surface area contributed by atoms with Crippen LogP contribution in [0.4, 0.5) is 5.69 Å². The van der Waals surface area contributed by atoms with Gasteiger partial charge in [-0.05, 0) is 52.9 Å². The number of H-pyrrole nitrogens is 1. The number of halogens is 1. The van der Waals surface area contributed by atoms with Crippen LogP contribution in [0.2, 0.25) is 5.02 Å². The summed E-state index contributed by atoms with van der Waals surface area (Å²) in [5.74, 6) is -0.0227. The van der Waals surface area contributed by atoms with Crippen molar-refractivity contribution in [3.8, 4) is 0 Å². The minimum absolute atomic E-state index is 0.0225. The largest absolute Gasteiger partial charge is 0.378 e. The Morgan fingerprint density at radius 1 is 0.941 bits per heavy atom. The van der Waals surface area contributed by atoms with Crippen LogP contribution in [0, 0.1) is 5.92 Å². The highest BCUT2D eigenvalue weighted by Crippen LogP contribution is 2.32. The van der Waals surface area contributed by atoms with E-state index >= 15 is 0 Å². The van der Waals surface area contributed by atoms with Crippen molar-refractivity contribution in [2.75, 3.05) is 25.5 Å². The van der Waals surface area contributed by atoms with E-state index in [-0.39, 0.29) is 23.7 Å². The Labute approximate surface area is 206 Å². The molecule has 0 spiro atoms. The maximum absolute atomic E-state index is 13.4. The molecular weight excluding hydrogens is 442 g/mol. The number of carbonyl (C=O) groups excluding carboxylic acids is 1. The zero-order chi connectivity index (χ0) is 24.2. The first-order valence-corrected chi connectivity index (χ1v) is 12.1. The summed E-state index contributed by atoms with van der Waals surface area (Å²) in [7, 11) is 4.07. The van der Waals surface area contributed by atoms with Gasteiger partial charge in [-0.3, -0.25) is 4.79 Å². The second-order valence-corrected chi connectivity index (χ2v) is 9.78. The van der Waals surface area contributed by atoms with Crippen LogP contribution in [0.3, 0.4) is 0 Å². The number of amides is 1. The monoisotopic (exact) mass is 473 g/mol. The predicted octanol–water partition coefficient (Wildman–Crippen LogP) is 6.58. The number of fused-ring (bicyclic) bond motifs is 1. The van der Waals surface area contributed by atoms with E-state index < -0.39 is 0 Å². The van der Waals surface area contributed by atoms with Crippen LogP contribution in [0.25, 0.3) is 10.9 Å². The van der Waals surface area contributed by atoms with Crippen molar-refractivity contribution >= 4 is 34.1 Å². The van der Waals surface area contributed by atoms with E-state index in [9.17, 15) is 4.79 Å². The molecule has 0 saturated heterocycles. The predicted molar refractivity (Wildman–Crippen MR) is 143 cm³/mol. The molecule has 4 rings (SSSR count). The Morgan fingerprint density at radius 3 is 2.24 bits per heavy atom. The number of rotatable bonds is 8. The van der Waals surface area contributed by atoms with Gasteiger partial charge in [-0.2, -0.15) is 0 Å². The maximum Gasteiger partial charge on any atom is 0.227 e. The third-order valence-electron chi connectivity index (χ3n) is 6.47. The van der Waals surface area contributed by atoms with Gasteiger partial charge >= 0.3 is 0 Å². The van der Waals surface area contributed by atoms with Gasteiger partial charge in [0.25, 0.3) is 0 Å². The number of nitrogens with one attached hydrogen (secondary N) is 2. The lowest BCUT2D eigenvalue weighted by atomic mass is 9.86. The number of aromatic nitrogens is 1. The third-order valence-corrected chi connectivity index (χ3v) is 6.72. The van der Waals surface area contributed by atoms with Gasteiger partial charge in [-0.1, -0.05) is 67.9 Å². The van der Waals surface area contributed by atoms with Crippen LogP contribution >= 0.6 is 11.6 Å². The lowest BCUT2D eigenvalue weighted by Gasteiger charge is -2.24. The summed E-state index contributed by atoms with van der Waals surface area (Å²) in [6.07, 6.45) is 2.07. The second-order valence-electron chi connectivity index (χ2n) is 9.35. The summed E-state index contributed by atoms with van der Waals surface area (Å²) >= 11 is 6.07. The number of carbonyl (C=O) groups is 1. The topological polar surface area (TPSA) is 48.1 Å². The Morgan fingerprint density at radius 2 is 1.59 bits per heavy atom. The molecule has 176 valence electrons. The molecule has 2 N–H and O–H groups in total. The normalized spacial score (nSPS) is 13.1. The standard InChI is InChI=1S/C29H32ClN3O/c1-19(2)28(21-9-13-22(30)14-10-21)29(34)32-17-25(20-11-15-23(16-12-20)33(3)4)26-18-31-27-8-6-5-7-24(26)27/h5-16,18-19,25,28,31H,17H2,1-4H3,(H,32,34). The van der Waals surface area contributed by atoms with Gasteiger partial charge in [0.1, 0.15) is 0 Å². The zero-order valence-corrected chi connectivity index (χ0v) is 20.9. The molecule has 0 saturated carbocycles.